The lowest BCUT2D eigenvalue weighted by atomic mass is 10.1. The molecule has 0 aliphatic carbocycles. The molecule has 0 aliphatic heterocycles. The predicted molar refractivity (Wildman–Crippen MR) is 79.5 cm³/mol. The average Bonchev–Trinajstić information content (AvgIpc) is 2.45. The number of para-hydroxylation sites is 1. The van der Waals surface area contributed by atoms with Crippen molar-refractivity contribution < 1.29 is 9.47 Å². The Morgan fingerprint density at radius 2 is 1.90 bits per heavy atom. The molecule has 0 radical (unpaired) electrons. The van der Waals surface area contributed by atoms with Gasteiger partial charge in [0.15, 0.2) is 0 Å². The number of ether oxygens (including phenoxy) is 2. The quantitative estimate of drug-likeness (QED) is 0.826. The SMILES string of the molecule is CCO/C=C(\C)c1c(Oc2ccccc2)[nH]c(=O)[nH]c1=O. The van der Waals surface area contributed by atoms with Crippen molar-refractivity contribution >= 4 is 5.57 Å². The lowest BCUT2D eigenvalue weighted by Gasteiger charge is -2.10. The molecule has 0 aliphatic rings. The standard InChI is InChI=1S/C15H16N2O4/c1-3-20-9-10(2)12-13(18)16-15(19)17-14(12)21-11-7-5-4-6-8-11/h4-9H,3H2,1-2H3,(H2,16,17,18,19)/b10-9+. The highest BCUT2D eigenvalue weighted by atomic mass is 16.5. The number of aromatic amines is 2. The number of benzene rings is 1. The van der Waals surface area contributed by atoms with Gasteiger partial charge in [-0.2, -0.15) is 0 Å². The average molecular weight is 288 g/mol. The Balaban J connectivity index is 2.49. The second kappa shape index (κ2) is 6.60. The molecule has 6 nitrogen and oxygen atoms in total. The maximum Gasteiger partial charge on any atom is 0.328 e. The lowest BCUT2D eigenvalue weighted by molar-refractivity contribution is 0.270. The van der Waals surface area contributed by atoms with Crippen LogP contribution in [0.1, 0.15) is 19.4 Å². The van der Waals surface area contributed by atoms with Crippen molar-refractivity contribution in [1.82, 2.24) is 9.97 Å². The van der Waals surface area contributed by atoms with Crippen molar-refractivity contribution in [1.29, 1.82) is 0 Å². The molecule has 0 unspecified atom stereocenters. The summed E-state index contributed by atoms with van der Waals surface area (Å²) in [6, 6.07) is 8.89. The summed E-state index contributed by atoms with van der Waals surface area (Å²) < 4.78 is 10.8. The number of allylic oxidation sites excluding steroid dienone is 1. The van der Waals surface area contributed by atoms with Crippen molar-refractivity contribution in [2.45, 2.75) is 13.8 Å². The summed E-state index contributed by atoms with van der Waals surface area (Å²) in [4.78, 5) is 28.1. The van der Waals surface area contributed by atoms with Crippen LogP contribution in [-0.2, 0) is 4.74 Å². The zero-order valence-electron chi connectivity index (χ0n) is 11.8. The van der Waals surface area contributed by atoms with Gasteiger partial charge in [0.2, 0.25) is 5.88 Å². The molecule has 1 aromatic heterocycles. The van der Waals surface area contributed by atoms with Gasteiger partial charge in [0.05, 0.1) is 12.9 Å². The molecular formula is C15H16N2O4. The molecule has 0 atom stereocenters. The van der Waals surface area contributed by atoms with Crippen LogP contribution in [0, 0.1) is 0 Å². The van der Waals surface area contributed by atoms with Gasteiger partial charge in [0, 0.05) is 5.57 Å². The van der Waals surface area contributed by atoms with Gasteiger partial charge >= 0.3 is 5.69 Å². The Hall–Kier alpha value is -2.76. The van der Waals surface area contributed by atoms with Crippen LogP contribution in [0.25, 0.3) is 5.57 Å². The van der Waals surface area contributed by atoms with Gasteiger partial charge in [0.1, 0.15) is 11.3 Å². The second-order valence-electron chi connectivity index (χ2n) is 4.28. The molecule has 21 heavy (non-hydrogen) atoms. The van der Waals surface area contributed by atoms with E-state index in [9.17, 15) is 9.59 Å². The van der Waals surface area contributed by atoms with Gasteiger partial charge < -0.3 is 9.47 Å². The van der Waals surface area contributed by atoms with Crippen molar-refractivity contribution in [3.63, 3.8) is 0 Å². The molecule has 6 heteroatoms. The second-order valence-corrected chi connectivity index (χ2v) is 4.28. The summed E-state index contributed by atoms with van der Waals surface area (Å²) in [6.45, 7) is 4.02. The van der Waals surface area contributed by atoms with E-state index in [4.69, 9.17) is 9.47 Å². The number of rotatable bonds is 5. The van der Waals surface area contributed by atoms with E-state index in [0.29, 0.717) is 17.9 Å². The summed E-state index contributed by atoms with van der Waals surface area (Å²) in [7, 11) is 0. The molecule has 0 saturated heterocycles. The number of nitrogens with one attached hydrogen (secondary N) is 2. The van der Waals surface area contributed by atoms with Crippen molar-refractivity contribution in [3.05, 3.63) is 63.0 Å². The fraction of sp³-hybridized carbons (Fsp3) is 0.200. The van der Waals surface area contributed by atoms with Crippen LogP contribution in [0.3, 0.4) is 0 Å². The van der Waals surface area contributed by atoms with Crippen LogP contribution >= 0.6 is 0 Å². The van der Waals surface area contributed by atoms with Gasteiger partial charge in [-0.25, -0.2) is 4.79 Å². The van der Waals surface area contributed by atoms with Gasteiger partial charge in [-0.05, 0) is 26.0 Å². The van der Waals surface area contributed by atoms with E-state index in [-0.39, 0.29) is 11.4 Å². The molecule has 110 valence electrons. The van der Waals surface area contributed by atoms with Crippen molar-refractivity contribution in [2.75, 3.05) is 6.61 Å². The minimum atomic E-state index is -0.626. The first-order chi connectivity index (χ1) is 10.1. The number of hydrogen-bond donors (Lipinski definition) is 2. The molecule has 1 heterocycles. The Kier molecular flexibility index (Phi) is 4.61. The van der Waals surface area contributed by atoms with Gasteiger partial charge in [0.25, 0.3) is 5.56 Å². The Labute approximate surface area is 121 Å². The summed E-state index contributed by atoms with van der Waals surface area (Å²) in [5.41, 5.74) is -0.371. The largest absolute Gasteiger partial charge is 0.501 e. The number of H-pyrrole nitrogens is 2. The summed E-state index contributed by atoms with van der Waals surface area (Å²) >= 11 is 0. The minimum Gasteiger partial charge on any atom is -0.501 e. The molecule has 0 bridgehead atoms. The summed E-state index contributed by atoms with van der Waals surface area (Å²) in [5.74, 6) is 0.604. The number of hydrogen-bond acceptors (Lipinski definition) is 4. The van der Waals surface area contributed by atoms with E-state index in [1.54, 1.807) is 31.2 Å². The molecule has 2 aromatic rings. The molecule has 0 fully saturated rings. The molecule has 2 rings (SSSR count). The Bertz CT molecular complexity index is 744. The van der Waals surface area contributed by atoms with E-state index in [0.717, 1.165) is 0 Å². The maximum atomic E-state index is 12.0. The fourth-order valence-electron chi connectivity index (χ4n) is 1.77. The third kappa shape index (κ3) is 3.62. The number of aromatic nitrogens is 2. The van der Waals surface area contributed by atoms with Crippen LogP contribution in [0.4, 0.5) is 0 Å². The van der Waals surface area contributed by atoms with E-state index in [1.807, 2.05) is 13.0 Å². The maximum absolute atomic E-state index is 12.0. The molecule has 0 saturated carbocycles. The van der Waals surface area contributed by atoms with Crippen LogP contribution in [0.2, 0.25) is 0 Å². The molecular weight excluding hydrogens is 272 g/mol. The zero-order valence-corrected chi connectivity index (χ0v) is 11.8. The van der Waals surface area contributed by atoms with Crippen LogP contribution < -0.4 is 16.0 Å². The summed E-state index contributed by atoms with van der Waals surface area (Å²) in [6.07, 6.45) is 1.46. The molecule has 0 amide bonds. The lowest BCUT2D eigenvalue weighted by Crippen LogP contribution is -2.25. The van der Waals surface area contributed by atoms with Gasteiger partial charge in [-0.1, -0.05) is 18.2 Å². The van der Waals surface area contributed by atoms with Crippen LogP contribution in [0.15, 0.2) is 46.2 Å². The normalized spacial score (nSPS) is 11.2. The first-order valence-electron chi connectivity index (χ1n) is 6.50. The molecule has 1 aromatic carbocycles. The van der Waals surface area contributed by atoms with Crippen LogP contribution in [0.5, 0.6) is 11.6 Å². The van der Waals surface area contributed by atoms with Gasteiger partial charge in [-0.15, -0.1) is 0 Å². The predicted octanol–water partition coefficient (Wildman–Crippen LogP) is 2.25. The Morgan fingerprint density at radius 1 is 1.19 bits per heavy atom. The van der Waals surface area contributed by atoms with Crippen LogP contribution in [-0.4, -0.2) is 16.6 Å². The van der Waals surface area contributed by atoms with Crippen molar-refractivity contribution in [2.24, 2.45) is 0 Å². The van der Waals surface area contributed by atoms with Gasteiger partial charge in [-0.3, -0.25) is 14.8 Å². The third-order valence-electron chi connectivity index (χ3n) is 2.69. The highest BCUT2D eigenvalue weighted by Crippen LogP contribution is 2.24. The van der Waals surface area contributed by atoms with E-state index in [1.165, 1.54) is 6.26 Å². The van der Waals surface area contributed by atoms with E-state index < -0.39 is 11.2 Å². The zero-order chi connectivity index (χ0) is 15.2. The fourth-order valence-corrected chi connectivity index (χ4v) is 1.77. The summed E-state index contributed by atoms with van der Waals surface area (Å²) in [5, 5.41) is 0. The Morgan fingerprint density at radius 3 is 2.57 bits per heavy atom. The molecule has 0 spiro atoms. The van der Waals surface area contributed by atoms with E-state index in [2.05, 4.69) is 9.97 Å². The smallest absolute Gasteiger partial charge is 0.328 e. The third-order valence-corrected chi connectivity index (χ3v) is 2.69. The first kappa shape index (κ1) is 14.6. The first-order valence-corrected chi connectivity index (χ1v) is 6.50. The topological polar surface area (TPSA) is 84.2 Å². The monoisotopic (exact) mass is 288 g/mol. The highest BCUT2D eigenvalue weighted by Gasteiger charge is 2.14. The minimum absolute atomic E-state index is 0.0865. The van der Waals surface area contributed by atoms with E-state index >= 15 is 0 Å². The molecule has 2 N–H and O–H groups in total. The highest BCUT2D eigenvalue weighted by molar-refractivity contribution is 5.66. The van der Waals surface area contributed by atoms with Crippen molar-refractivity contribution in [3.8, 4) is 11.6 Å².